The van der Waals surface area contributed by atoms with Crippen molar-refractivity contribution >= 4 is 23.3 Å². The number of benzene rings is 1. The van der Waals surface area contributed by atoms with Gasteiger partial charge < -0.3 is 5.73 Å². The Labute approximate surface area is 104 Å². The fraction of sp³-hybridized carbons (Fsp3) is 0.0714. The van der Waals surface area contributed by atoms with Gasteiger partial charge in [-0.2, -0.15) is 0 Å². The molecule has 0 spiro atoms. The molecule has 2 rings (SSSR count). The smallest absolute Gasteiger partial charge is 0.241 e. The standard InChI is InChI=1S/C14H13NOS/c1-10-2-4-11(5-3-10)12-8-13(17-9-12)6-7-14(15)16/h2-9H,1H3,(H2,15,16). The first-order chi connectivity index (χ1) is 8.15. The number of nitrogens with two attached hydrogens (primary N) is 1. The topological polar surface area (TPSA) is 43.1 Å². The van der Waals surface area contributed by atoms with E-state index in [0.29, 0.717) is 0 Å². The van der Waals surface area contributed by atoms with Crippen LogP contribution < -0.4 is 5.73 Å². The Morgan fingerprint density at radius 2 is 1.94 bits per heavy atom. The van der Waals surface area contributed by atoms with Crippen molar-refractivity contribution in [3.8, 4) is 11.1 Å². The number of amides is 1. The first kappa shape index (κ1) is 11.6. The van der Waals surface area contributed by atoms with E-state index in [4.69, 9.17) is 5.73 Å². The molecule has 1 aromatic carbocycles. The van der Waals surface area contributed by atoms with Gasteiger partial charge in [-0.05, 0) is 35.6 Å². The predicted octanol–water partition coefficient (Wildman–Crippen LogP) is 3.22. The van der Waals surface area contributed by atoms with Crippen molar-refractivity contribution in [2.24, 2.45) is 5.73 Å². The summed E-state index contributed by atoms with van der Waals surface area (Å²) < 4.78 is 0. The van der Waals surface area contributed by atoms with Gasteiger partial charge in [0.05, 0.1) is 0 Å². The summed E-state index contributed by atoms with van der Waals surface area (Å²) in [5.41, 5.74) is 8.65. The molecule has 0 aliphatic heterocycles. The maximum Gasteiger partial charge on any atom is 0.241 e. The van der Waals surface area contributed by atoms with E-state index in [1.807, 2.05) is 0 Å². The average molecular weight is 243 g/mol. The van der Waals surface area contributed by atoms with E-state index in [0.717, 1.165) is 4.88 Å². The number of aryl methyl sites for hydroxylation is 1. The molecular weight excluding hydrogens is 230 g/mol. The second kappa shape index (κ2) is 4.97. The number of rotatable bonds is 3. The lowest BCUT2D eigenvalue weighted by molar-refractivity contribution is -0.113. The number of hydrogen-bond acceptors (Lipinski definition) is 2. The Hall–Kier alpha value is -1.87. The summed E-state index contributed by atoms with van der Waals surface area (Å²) >= 11 is 1.60. The van der Waals surface area contributed by atoms with Crippen LogP contribution >= 0.6 is 11.3 Å². The molecule has 0 radical (unpaired) electrons. The third-order valence-electron chi connectivity index (χ3n) is 2.42. The maximum atomic E-state index is 10.6. The molecule has 1 heterocycles. The van der Waals surface area contributed by atoms with Crippen LogP contribution in [0.15, 0.2) is 41.8 Å². The molecule has 1 amide bonds. The molecule has 17 heavy (non-hydrogen) atoms. The quantitative estimate of drug-likeness (QED) is 0.826. The fourth-order valence-corrected chi connectivity index (χ4v) is 2.31. The highest BCUT2D eigenvalue weighted by Gasteiger charge is 2.00. The summed E-state index contributed by atoms with van der Waals surface area (Å²) in [7, 11) is 0. The van der Waals surface area contributed by atoms with Gasteiger partial charge in [-0.15, -0.1) is 11.3 Å². The van der Waals surface area contributed by atoms with Crippen LogP contribution in [0.1, 0.15) is 10.4 Å². The normalized spacial score (nSPS) is 10.9. The van der Waals surface area contributed by atoms with E-state index in [-0.39, 0.29) is 0 Å². The summed E-state index contributed by atoms with van der Waals surface area (Å²) in [5.74, 6) is -0.421. The summed E-state index contributed by atoms with van der Waals surface area (Å²) in [4.78, 5) is 11.7. The molecule has 1 aromatic heterocycles. The molecule has 0 unspecified atom stereocenters. The minimum Gasteiger partial charge on any atom is -0.366 e. The monoisotopic (exact) mass is 243 g/mol. The van der Waals surface area contributed by atoms with Crippen LogP contribution in [0, 0.1) is 6.92 Å². The van der Waals surface area contributed by atoms with Gasteiger partial charge in [0.15, 0.2) is 0 Å². The molecule has 2 N–H and O–H groups in total. The van der Waals surface area contributed by atoms with Gasteiger partial charge in [-0.3, -0.25) is 4.79 Å². The fourth-order valence-electron chi connectivity index (χ4n) is 1.50. The van der Waals surface area contributed by atoms with Crippen molar-refractivity contribution in [1.82, 2.24) is 0 Å². The summed E-state index contributed by atoms with van der Waals surface area (Å²) in [6.07, 6.45) is 3.12. The maximum absolute atomic E-state index is 10.6. The van der Waals surface area contributed by atoms with Crippen LogP contribution in [0.2, 0.25) is 0 Å². The van der Waals surface area contributed by atoms with Crippen molar-refractivity contribution in [3.63, 3.8) is 0 Å². The zero-order chi connectivity index (χ0) is 12.3. The van der Waals surface area contributed by atoms with Gasteiger partial charge >= 0.3 is 0 Å². The molecule has 0 atom stereocenters. The van der Waals surface area contributed by atoms with Crippen molar-refractivity contribution in [3.05, 3.63) is 52.2 Å². The zero-order valence-electron chi connectivity index (χ0n) is 9.51. The molecule has 0 saturated heterocycles. The van der Waals surface area contributed by atoms with E-state index in [1.165, 1.54) is 22.8 Å². The van der Waals surface area contributed by atoms with Crippen molar-refractivity contribution in [2.45, 2.75) is 6.92 Å². The Bertz CT molecular complexity index is 552. The molecule has 0 fully saturated rings. The molecule has 2 nitrogen and oxygen atoms in total. The predicted molar refractivity (Wildman–Crippen MR) is 72.7 cm³/mol. The zero-order valence-corrected chi connectivity index (χ0v) is 10.3. The molecule has 86 valence electrons. The number of primary amides is 1. The Kier molecular flexibility index (Phi) is 3.40. The van der Waals surface area contributed by atoms with Crippen LogP contribution in [0.3, 0.4) is 0 Å². The van der Waals surface area contributed by atoms with E-state index < -0.39 is 5.91 Å². The van der Waals surface area contributed by atoms with Crippen molar-refractivity contribution < 1.29 is 4.79 Å². The Morgan fingerprint density at radius 3 is 2.59 bits per heavy atom. The summed E-state index contributed by atoms with van der Waals surface area (Å²) in [6, 6.07) is 10.4. The molecule has 0 saturated carbocycles. The number of hydrogen-bond donors (Lipinski definition) is 1. The lowest BCUT2D eigenvalue weighted by Gasteiger charge is -1.97. The van der Waals surface area contributed by atoms with Gasteiger partial charge in [0.2, 0.25) is 5.91 Å². The molecule has 0 aliphatic rings. The molecule has 0 bridgehead atoms. The van der Waals surface area contributed by atoms with E-state index in [1.54, 1.807) is 17.4 Å². The second-order valence-electron chi connectivity index (χ2n) is 3.84. The summed E-state index contributed by atoms with van der Waals surface area (Å²) in [5, 5.41) is 2.07. The largest absolute Gasteiger partial charge is 0.366 e. The highest BCUT2D eigenvalue weighted by molar-refractivity contribution is 7.11. The minimum absolute atomic E-state index is 0.421. The first-order valence-corrected chi connectivity index (χ1v) is 6.16. The van der Waals surface area contributed by atoms with E-state index in [2.05, 4.69) is 42.6 Å². The van der Waals surface area contributed by atoms with E-state index >= 15 is 0 Å². The lowest BCUT2D eigenvalue weighted by atomic mass is 10.1. The molecule has 2 aromatic rings. The number of carbonyl (C=O) groups excluding carboxylic acids is 1. The Balaban J connectivity index is 2.23. The van der Waals surface area contributed by atoms with Gasteiger partial charge in [0.25, 0.3) is 0 Å². The second-order valence-corrected chi connectivity index (χ2v) is 4.78. The van der Waals surface area contributed by atoms with Crippen LogP contribution in [0.25, 0.3) is 17.2 Å². The third-order valence-corrected chi connectivity index (χ3v) is 3.31. The molecule has 0 aliphatic carbocycles. The van der Waals surface area contributed by atoms with Crippen LogP contribution in [0.4, 0.5) is 0 Å². The number of thiophene rings is 1. The number of carbonyl (C=O) groups is 1. The van der Waals surface area contributed by atoms with Gasteiger partial charge in [-0.25, -0.2) is 0 Å². The van der Waals surface area contributed by atoms with Gasteiger partial charge in [0.1, 0.15) is 0 Å². The van der Waals surface area contributed by atoms with Crippen LogP contribution in [-0.2, 0) is 4.79 Å². The van der Waals surface area contributed by atoms with Crippen LogP contribution in [-0.4, -0.2) is 5.91 Å². The van der Waals surface area contributed by atoms with Crippen LogP contribution in [0.5, 0.6) is 0 Å². The highest BCUT2D eigenvalue weighted by Crippen LogP contribution is 2.26. The van der Waals surface area contributed by atoms with Gasteiger partial charge in [-0.1, -0.05) is 29.8 Å². The third kappa shape index (κ3) is 3.04. The lowest BCUT2D eigenvalue weighted by Crippen LogP contribution is -2.04. The minimum atomic E-state index is -0.421. The molecule has 3 heteroatoms. The van der Waals surface area contributed by atoms with E-state index in [9.17, 15) is 4.79 Å². The summed E-state index contributed by atoms with van der Waals surface area (Å²) in [6.45, 7) is 2.07. The average Bonchev–Trinajstić information content (AvgIpc) is 2.76. The Morgan fingerprint density at radius 1 is 1.24 bits per heavy atom. The van der Waals surface area contributed by atoms with Gasteiger partial charge in [0, 0.05) is 11.0 Å². The molecular formula is C14H13NOS. The SMILES string of the molecule is Cc1ccc(-c2csc(C=CC(N)=O)c2)cc1. The van der Waals surface area contributed by atoms with Crippen molar-refractivity contribution in [1.29, 1.82) is 0 Å². The first-order valence-electron chi connectivity index (χ1n) is 5.28. The highest BCUT2D eigenvalue weighted by atomic mass is 32.1. The van der Waals surface area contributed by atoms with Crippen molar-refractivity contribution in [2.75, 3.05) is 0 Å².